The van der Waals surface area contributed by atoms with E-state index >= 15 is 0 Å². The number of thiophene rings is 2. The molecule has 0 N–H and O–H groups in total. The average molecular weight is 855 g/mol. The van der Waals surface area contributed by atoms with E-state index in [4.69, 9.17) is 6.57 Å². The van der Waals surface area contributed by atoms with Crippen molar-refractivity contribution >= 4 is 124 Å². The van der Waals surface area contributed by atoms with Crippen LogP contribution in [0.5, 0.6) is 0 Å². The Kier molecular flexibility index (Phi) is 7.56. The smallest absolute Gasteiger partial charge is 0.187 e. The van der Waals surface area contributed by atoms with Crippen molar-refractivity contribution in [2.45, 2.75) is 38.5 Å². The summed E-state index contributed by atoms with van der Waals surface area (Å²) >= 11 is 3.70. The molecule has 4 nitrogen and oxygen atoms in total. The third-order valence-electron chi connectivity index (χ3n) is 14.2. The maximum Gasteiger partial charge on any atom is 0.187 e. The highest BCUT2D eigenvalue weighted by Gasteiger charge is 2.41. The number of benzene rings is 9. The van der Waals surface area contributed by atoms with Gasteiger partial charge in [0, 0.05) is 67.3 Å². The van der Waals surface area contributed by atoms with Crippen molar-refractivity contribution in [2.75, 3.05) is 9.80 Å². The van der Waals surface area contributed by atoms with E-state index in [9.17, 15) is 5.26 Å². The van der Waals surface area contributed by atoms with E-state index in [-0.39, 0.29) is 10.8 Å². The lowest BCUT2D eigenvalue weighted by Gasteiger charge is -2.44. The normalized spacial score (nSPS) is 14.7. The molecular formula is C58H38N4S2. The molecule has 302 valence electrons. The monoisotopic (exact) mass is 854 g/mol. The molecule has 0 saturated carbocycles. The van der Waals surface area contributed by atoms with Crippen LogP contribution in [0.1, 0.15) is 55.5 Å². The zero-order valence-electron chi connectivity index (χ0n) is 35.6. The number of hydrogen-bond acceptors (Lipinski definition) is 5. The van der Waals surface area contributed by atoms with Gasteiger partial charge in [0.25, 0.3) is 0 Å². The lowest BCUT2D eigenvalue weighted by atomic mass is 9.72. The standard InChI is InChI=1S/C58H38N4S2/c1-57(2)43-16-8-10-18-47(43)61(49-28-39-35-14-6-12-20-51(35)63-53(39)30-45(49)57)55-38-25-23-34(60-5)27-42(38)56(37-24-22-33(32-59)26-41(37)55)62-48-19-11-9-17-44(48)58(3,4)46-31-54-40(29-50(46)62)36-15-7-13-21-52(36)64-54/h6-31H,1-4H3. The minimum absolute atomic E-state index is 0.306. The molecule has 0 radical (unpaired) electrons. The first-order valence-electron chi connectivity index (χ1n) is 21.7. The second-order valence-electron chi connectivity index (χ2n) is 18.3. The first kappa shape index (κ1) is 37.1. The van der Waals surface area contributed by atoms with E-state index < -0.39 is 0 Å². The molecule has 2 aromatic heterocycles. The van der Waals surface area contributed by atoms with Crippen molar-refractivity contribution < 1.29 is 0 Å². The maximum atomic E-state index is 10.7. The fraction of sp³-hybridized carbons (Fsp3) is 0.103. The Labute approximate surface area is 378 Å². The van der Waals surface area contributed by atoms with E-state index in [2.05, 4.69) is 194 Å². The van der Waals surface area contributed by atoms with Crippen LogP contribution in [0.25, 0.3) is 66.7 Å². The SMILES string of the molecule is [C-]#[N+]c1ccc2c(N3c4ccccc4C(C)(C)c4cc5sc6ccccc6c5cc43)c3cc(C#N)ccc3c(N3c4ccccc4C(C)(C)c4cc5sc6ccccc6c5cc43)c2c1. The van der Waals surface area contributed by atoms with Gasteiger partial charge >= 0.3 is 0 Å². The van der Waals surface area contributed by atoms with Crippen molar-refractivity contribution in [1.82, 2.24) is 0 Å². The van der Waals surface area contributed by atoms with Gasteiger partial charge in [-0.25, -0.2) is 4.85 Å². The Balaban J connectivity index is 1.20. The lowest BCUT2D eigenvalue weighted by molar-refractivity contribution is 0.633. The number of hydrogen-bond donors (Lipinski definition) is 0. The highest BCUT2D eigenvalue weighted by Crippen LogP contribution is 2.61. The number of nitriles is 1. The van der Waals surface area contributed by atoms with Crippen LogP contribution in [0.2, 0.25) is 0 Å². The molecule has 6 heteroatoms. The Morgan fingerprint density at radius 1 is 0.438 bits per heavy atom. The zero-order chi connectivity index (χ0) is 43.2. The number of anilines is 6. The van der Waals surface area contributed by atoms with Gasteiger partial charge in [-0.3, -0.25) is 0 Å². The van der Waals surface area contributed by atoms with Gasteiger partial charge in [0.15, 0.2) is 5.69 Å². The van der Waals surface area contributed by atoms with Gasteiger partial charge in [-0.05, 0) is 94.4 Å². The molecule has 2 aliphatic rings. The van der Waals surface area contributed by atoms with E-state index in [0.29, 0.717) is 11.3 Å². The van der Waals surface area contributed by atoms with Crippen molar-refractivity contribution in [1.29, 1.82) is 5.26 Å². The van der Waals surface area contributed by atoms with Crippen LogP contribution in [0.4, 0.5) is 39.8 Å². The molecule has 0 atom stereocenters. The molecule has 2 aliphatic heterocycles. The molecule has 13 rings (SSSR count). The van der Waals surface area contributed by atoms with Crippen LogP contribution in [0, 0.1) is 17.9 Å². The molecule has 0 saturated heterocycles. The Hall–Kier alpha value is -7.48. The van der Waals surface area contributed by atoms with Gasteiger partial charge in [-0.2, -0.15) is 5.26 Å². The first-order chi connectivity index (χ1) is 31.1. The van der Waals surface area contributed by atoms with Gasteiger partial charge in [0.05, 0.1) is 52.3 Å². The summed E-state index contributed by atoms with van der Waals surface area (Å²) in [5.41, 5.74) is 12.0. The summed E-state index contributed by atoms with van der Waals surface area (Å²) in [7, 11) is 0. The second kappa shape index (κ2) is 13.0. The third kappa shape index (κ3) is 4.90. The molecule has 11 aromatic rings. The van der Waals surface area contributed by atoms with E-state index in [1.54, 1.807) is 0 Å². The van der Waals surface area contributed by atoms with Crippen molar-refractivity contribution in [3.8, 4) is 6.07 Å². The summed E-state index contributed by atoms with van der Waals surface area (Å²) in [6.07, 6.45) is 0. The molecule has 64 heavy (non-hydrogen) atoms. The summed E-state index contributed by atoms with van der Waals surface area (Å²) in [6, 6.07) is 59.6. The van der Waals surface area contributed by atoms with Gasteiger partial charge in [0.2, 0.25) is 0 Å². The lowest BCUT2D eigenvalue weighted by Crippen LogP contribution is -2.31. The van der Waals surface area contributed by atoms with Crippen LogP contribution >= 0.6 is 22.7 Å². The van der Waals surface area contributed by atoms with Gasteiger partial charge in [-0.1, -0.05) is 119 Å². The minimum atomic E-state index is -0.307. The summed E-state index contributed by atoms with van der Waals surface area (Å²) in [5, 5.41) is 19.6. The number of rotatable bonds is 2. The third-order valence-corrected chi connectivity index (χ3v) is 16.5. The summed E-state index contributed by atoms with van der Waals surface area (Å²) in [4.78, 5) is 9.00. The number of nitrogens with zero attached hydrogens (tertiary/aromatic N) is 4. The number of para-hydroxylation sites is 2. The van der Waals surface area contributed by atoms with Crippen LogP contribution in [0.3, 0.4) is 0 Å². The molecule has 9 aromatic carbocycles. The molecule has 0 spiro atoms. The first-order valence-corrected chi connectivity index (χ1v) is 23.3. The fourth-order valence-electron chi connectivity index (χ4n) is 11.1. The molecule has 0 fully saturated rings. The molecule has 4 heterocycles. The average Bonchev–Trinajstić information content (AvgIpc) is 3.88. The van der Waals surface area contributed by atoms with E-state index in [1.807, 2.05) is 34.8 Å². The van der Waals surface area contributed by atoms with Crippen molar-refractivity contribution in [3.63, 3.8) is 0 Å². The van der Waals surface area contributed by atoms with Crippen LogP contribution in [0.15, 0.2) is 158 Å². The minimum Gasteiger partial charge on any atom is -0.309 e. The molecular weight excluding hydrogens is 817 g/mol. The predicted octanol–water partition coefficient (Wildman–Crippen LogP) is 17.4. The van der Waals surface area contributed by atoms with Gasteiger partial charge < -0.3 is 9.80 Å². The quantitative estimate of drug-likeness (QED) is 0.128. The van der Waals surface area contributed by atoms with Gasteiger partial charge in [0.1, 0.15) is 0 Å². The Bertz CT molecular complexity index is 3710. The highest BCUT2D eigenvalue weighted by molar-refractivity contribution is 7.26. The Morgan fingerprint density at radius 3 is 1.42 bits per heavy atom. The van der Waals surface area contributed by atoms with Crippen LogP contribution < -0.4 is 9.80 Å². The summed E-state index contributed by atoms with van der Waals surface area (Å²) < 4.78 is 5.07. The van der Waals surface area contributed by atoms with Crippen molar-refractivity contribution in [3.05, 3.63) is 197 Å². The van der Waals surface area contributed by atoms with Crippen molar-refractivity contribution in [2.24, 2.45) is 0 Å². The topological polar surface area (TPSA) is 34.6 Å². The zero-order valence-corrected chi connectivity index (χ0v) is 37.2. The maximum absolute atomic E-state index is 10.7. The largest absolute Gasteiger partial charge is 0.309 e. The molecule has 0 bridgehead atoms. The molecule has 0 aliphatic carbocycles. The summed E-state index contributed by atoms with van der Waals surface area (Å²) in [6.45, 7) is 17.7. The van der Waals surface area contributed by atoms with Gasteiger partial charge in [-0.15, -0.1) is 22.7 Å². The predicted molar refractivity (Wildman–Crippen MR) is 272 cm³/mol. The fourth-order valence-corrected chi connectivity index (χ4v) is 13.4. The van der Waals surface area contributed by atoms with E-state index in [1.165, 1.54) is 62.6 Å². The Morgan fingerprint density at radius 2 is 0.906 bits per heavy atom. The molecule has 0 amide bonds. The number of fused-ring (bicyclic) bond motifs is 12. The van der Waals surface area contributed by atoms with Crippen LogP contribution in [-0.4, -0.2) is 0 Å². The highest BCUT2D eigenvalue weighted by atomic mass is 32.1. The summed E-state index contributed by atoms with van der Waals surface area (Å²) in [5.74, 6) is 0. The van der Waals surface area contributed by atoms with Crippen LogP contribution in [-0.2, 0) is 10.8 Å². The molecule has 0 unspecified atom stereocenters. The van der Waals surface area contributed by atoms with E-state index in [0.717, 1.165) is 55.7 Å². The second-order valence-corrected chi connectivity index (χ2v) is 20.5.